The maximum absolute atomic E-state index is 10.9. The second-order valence-electron chi connectivity index (χ2n) is 3.30. The summed E-state index contributed by atoms with van der Waals surface area (Å²) in [5.41, 5.74) is 0.902. The van der Waals surface area contributed by atoms with Gasteiger partial charge in [0.05, 0.1) is 10.6 Å². The van der Waals surface area contributed by atoms with Crippen LogP contribution in [0.4, 0.5) is 11.5 Å². The Labute approximate surface area is 121 Å². The lowest BCUT2D eigenvalue weighted by molar-refractivity contribution is 0.112. The maximum atomic E-state index is 10.9. The van der Waals surface area contributed by atoms with Crippen LogP contribution >= 0.6 is 39.1 Å². The first kappa shape index (κ1) is 13.3. The fourth-order valence-electron chi connectivity index (χ4n) is 1.29. The molecule has 1 aromatic heterocycles. The van der Waals surface area contributed by atoms with Crippen LogP contribution in [0.5, 0.6) is 0 Å². The SMILES string of the molecule is O=Cc1c(Cl)ncnc1Nc1ccc(Br)c(Cl)c1. The van der Waals surface area contributed by atoms with E-state index in [1.165, 1.54) is 6.33 Å². The van der Waals surface area contributed by atoms with Crippen molar-refractivity contribution in [1.29, 1.82) is 0 Å². The van der Waals surface area contributed by atoms with Crippen molar-refractivity contribution < 1.29 is 4.79 Å². The molecule has 0 radical (unpaired) electrons. The molecule has 0 unspecified atom stereocenters. The fourth-order valence-corrected chi connectivity index (χ4v) is 1.89. The first-order valence-electron chi connectivity index (χ1n) is 4.79. The van der Waals surface area contributed by atoms with Gasteiger partial charge < -0.3 is 5.32 Å². The van der Waals surface area contributed by atoms with Crippen LogP contribution in [-0.4, -0.2) is 16.3 Å². The highest BCUT2D eigenvalue weighted by molar-refractivity contribution is 9.10. The summed E-state index contributed by atoms with van der Waals surface area (Å²) in [5, 5.41) is 3.61. The van der Waals surface area contributed by atoms with Gasteiger partial charge in [-0.25, -0.2) is 9.97 Å². The molecule has 0 spiro atoms. The van der Waals surface area contributed by atoms with Crippen molar-refractivity contribution in [2.75, 3.05) is 5.32 Å². The van der Waals surface area contributed by atoms with Gasteiger partial charge in [0, 0.05) is 10.2 Å². The molecule has 0 aliphatic heterocycles. The van der Waals surface area contributed by atoms with Gasteiger partial charge in [0.1, 0.15) is 17.3 Å². The molecule has 0 saturated heterocycles. The predicted octanol–water partition coefficient (Wildman–Crippen LogP) is 4.10. The van der Waals surface area contributed by atoms with Crippen LogP contribution in [0.25, 0.3) is 0 Å². The first-order valence-corrected chi connectivity index (χ1v) is 6.34. The average Bonchev–Trinajstić information content (AvgIpc) is 2.34. The average molecular weight is 347 g/mol. The van der Waals surface area contributed by atoms with Crippen molar-refractivity contribution in [2.45, 2.75) is 0 Å². The summed E-state index contributed by atoms with van der Waals surface area (Å²) in [7, 11) is 0. The van der Waals surface area contributed by atoms with Crippen molar-refractivity contribution >= 4 is 56.9 Å². The molecule has 0 aliphatic carbocycles. The Morgan fingerprint density at radius 1 is 1.28 bits per heavy atom. The minimum atomic E-state index is 0.103. The normalized spacial score (nSPS) is 10.2. The third-order valence-electron chi connectivity index (χ3n) is 2.14. The van der Waals surface area contributed by atoms with Crippen molar-refractivity contribution in [3.05, 3.63) is 44.7 Å². The van der Waals surface area contributed by atoms with Crippen LogP contribution in [-0.2, 0) is 0 Å². The number of carbonyl (C=O) groups excluding carboxylic acids is 1. The molecule has 2 aromatic rings. The van der Waals surface area contributed by atoms with Crippen LogP contribution in [0.1, 0.15) is 10.4 Å². The van der Waals surface area contributed by atoms with E-state index in [4.69, 9.17) is 23.2 Å². The molecule has 0 atom stereocenters. The second-order valence-corrected chi connectivity index (χ2v) is 4.92. The van der Waals surface area contributed by atoms with Gasteiger partial charge in [-0.2, -0.15) is 0 Å². The lowest BCUT2D eigenvalue weighted by Gasteiger charge is -2.08. The molecule has 7 heteroatoms. The fraction of sp³-hybridized carbons (Fsp3) is 0. The van der Waals surface area contributed by atoms with E-state index in [2.05, 4.69) is 31.2 Å². The van der Waals surface area contributed by atoms with Gasteiger partial charge in [-0.15, -0.1) is 0 Å². The molecule has 18 heavy (non-hydrogen) atoms. The molecule has 0 fully saturated rings. The smallest absolute Gasteiger partial charge is 0.156 e. The number of hydrogen-bond donors (Lipinski definition) is 1. The van der Waals surface area contributed by atoms with Gasteiger partial charge in [-0.05, 0) is 34.1 Å². The van der Waals surface area contributed by atoms with E-state index < -0.39 is 0 Å². The summed E-state index contributed by atoms with van der Waals surface area (Å²) < 4.78 is 0.783. The number of anilines is 2. The van der Waals surface area contributed by atoms with E-state index in [1.54, 1.807) is 18.2 Å². The molecule has 2 rings (SSSR count). The second kappa shape index (κ2) is 5.65. The molecule has 4 nitrogen and oxygen atoms in total. The monoisotopic (exact) mass is 345 g/mol. The summed E-state index contributed by atoms with van der Waals surface area (Å²) in [4.78, 5) is 18.6. The van der Waals surface area contributed by atoms with E-state index >= 15 is 0 Å². The molecule has 0 aliphatic rings. The van der Waals surface area contributed by atoms with Gasteiger partial charge >= 0.3 is 0 Å². The number of aromatic nitrogens is 2. The van der Waals surface area contributed by atoms with Crippen molar-refractivity contribution in [3.8, 4) is 0 Å². The Hall–Kier alpha value is -1.17. The minimum absolute atomic E-state index is 0.103. The molecule has 1 heterocycles. The van der Waals surface area contributed by atoms with Gasteiger partial charge in [0.2, 0.25) is 0 Å². The summed E-state index contributed by atoms with van der Waals surface area (Å²) in [5.74, 6) is 0.336. The standard InChI is InChI=1S/C11H6BrCl2N3O/c12-8-2-1-6(3-9(8)13)17-11-7(4-18)10(14)15-5-16-11/h1-5H,(H,15,16,17). The Morgan fingerprint density at radius 3 is 2.72 bits per heavy atom. The summed E-state index contributed by atoms with van der Waals surface area (Å²) in [6.45, 7) is 0. The van der Waals surface area contributed by atoms with Crippen LogP contribution in [0.2, 0.25) is 10.2 Å². The molecule has 1 N–H and O–H groups in total. The Balaban J connectivity index is 2.36. The lowest BCUT2D eigenvalue weighted by Crippen LogP contribution is -2.00. The molecular formula is C11H6BrCl2N3O. The molecular weight excluding hydrogens is 341 g/mol. The minimum Gasteiger partial charge on any atom is -0.339 e. The number of aldehydes is 1. The molecule has 1 aromatic carbocycles. The lowest BCUT2D eigenvalue weighted by atomic mass is 10.3. The topological polar surface area (TPSA) is 54.9 Å². The van der Waals surface area contributed by atoms with Gasteiger partial charge in [-0.3, -0.25) is 4.79 Å². The van der Waals surface area contributed by atoms with Crippen molar-refractivity contribution in [2.24, 2.45) is 0 Å². The van der Waals surface area contributed by atoms with Crippen molar-refractivity contribution in [3.63, 3.8) is 0 Å². The van der Waals surface area contributed by atoms with E-state index in [0.29, 0.717) is 22.8 Å². The number of rotatable bonds is 3. The summed E-state index contributed by atoms with van der Waals surface area (Å²) in [6.07, 6.45) is 1.88. The summed E-state index contributed by atoms with van der Waals surface area (Å²) >= 11 is 15.1. The van der Waals surface area contributed by atoms with E-state index in [9.17, 15) is 4.79 Å². The Bertz CT molecular complexity index is 607. The highest BCUT2D eigenvalue weighted by Gasteiger charge is 2.09. The maximum Gasteiger partial charge on any atom is 0.156 e. The Morgan fingerprint density at radius 2 is 2.06 bits per heavy atom. The molecule has 0 saturated carbocycles. The van der Waals surface area contributed by atoms with Gasteiger partial charge in [0.15, 0.2) is 6.29 Å². The van der Waals surface area contributed by atoms with Gasteiger partial charge in [0.25, 0.3) is 0 Å². The zero-order valence-electron chi connectivity index (χ0n) is 8.82. The van der Waals surface area contributed by atoms with Gasteiger partial charge in [-0.1, -0.05) is 23.2 Å². The number of carbonyl (C=O) groups is 1. The highest BCUT2D eigenvalue weighted by Crippen LogP contribution is 2.28. The number of benzene rings is 1. The quantitative estimate of drug-likeness (QED) is 0.671. The molecule has 0 bridgehead atoms. The largest absolute Gasteiger partial charge is 0.339 e. The highest BCUT2D eigenvalue weighted by atomic mass is 79.9. The molecule has 0 amide bonds. The third kappa shape index (κ3) is 2.80. The zero-order chi connectivity index (χ0) is 13.1. The van der Waals surface area contributed by atoms with Crippen LogP contribution in [0, 0.1) is 0 Å². The van der Waals surface area contributed by atoms with Crippen LogP contribution in [0.3, 0.4) is 0 Å². The Kier molecular flexibility index (Phi) is 4.16. The molecule has 92 valence electrons. The summed E-state index contributed by atoms with van der Waals surface area (Å²) in [6, 6.07) is 5.28. The van der Waals surface area contributed by atoms with Crippen LogP contribution in [0.15, 0.2) is 29.0 Å². The number of nitrogens with one attached hydrogen (secondary N) is 1. The number of nitrogens with zero attached hydrogens (tertiary/aromatic N) is 2. The van der Waals surface area contributed by atoms with Crippen molar-refractivity contribution in [1.82, 2.24) is 9.97 Å². The first-order chi connectivity index (χ1) is 8.61. The third-order valence-corrected chi connectivity index (χ3v) is 3.67. The number of hydrogen-bond acceptors (Lipinski definition) is 4. The zero-order valence-corrected chi connectivity index (χ0v) is 11.9. The predicted molar refractivity (Wildman–Crippen MR) is 74.9 cm³/mol. The van der Waals surface area contributed by atoms with E-state index in [0.717, 1.165) is 4.47 Å². The van der Waals surface area contributed by atoms with Crippen LogP contribution < -0.4 is 5.32 Å². The van der Waals surface area contributed by atoms with E-state index in [1.807, 2.05) is 0 Å². The van der Waals surface area contributed by atoms with E-state index in [-0.39, 0.29) is 10.7 Å². The number of halogens is 3.